The van der Waals surface area contributed by atoms with Crippen LogP contribution in [0.1, 0.15) is 24.8 Å². The molecule has 4 rings (SSSR count). The number of nitrogens with zero attached hydrogens (tertiary/aromatic N) is 3. The van der Waals surface area contributed by atoms with E-state index in [4.69, 9.17) is 9.47 Å². The second kappa shape index (κ2) is 8.58. The minimum atomic E-state index is -0.597. The zero-order valence-corrected chi connectivity index (χ0v) is 17.9. The molecule has 1 N–H and O–H groups in total. The van der Waals surface area contributed by atoms with Crippen molar-refractivity contribution in [2.24, 2.45) is 0 Å². The molecule has 1 amide bonds. The number of hydrogen-bond acceptors (Lipinski definition) is 6. The molecule has 9 heteroatoms. The molecule has 2 aliphatic rings. The smallest absolute Gasteiger partial charge is 0.328 e. The third-order valence-corrected chi connectivity index (χ3v) is 6.11. The second-order valence-corrected chi connectivity index (χ2v) is 8.40. The normalized spacial score (nSPS) is 21.7. The first-order chi connectivity index (χ1) is 14.9. The SMILES string of the molecule is COc1ccc2c(c1)CN(C(=O)Cn1ccc(=O)[nH]c1=O)CC1(CCCN(C)CC1)O2. The lowest BCUT2D eigenvalue weighted by atomic mass is 9.93. The van der Waals surface area contributed by atoms with Crippen LogP contribution in [0.15, 0.2) is 40.1 Å². The lowest BCUT2D eigenvalue weighted by Crippen LogP contribution is -2.49. The summed E-state index contributed by atoms with van der Waals surface area (Å²) in [7, 11) is 3.70. The Morgan fingerprint density at radius 1 is 1.23 bits per heavy atom. The monoisotopic (exact) mass is 428 g/mol. The number of likely N-dealkylation sites (tertiary alicyclic amines) is 1. The van der Waals surface area contributed by atoms with Gasteiger partial charge in [0.1, 0.15) is 23.6 Å². The molecular formula is C22H28N4O5. The molecule has 0 saturated carbocycles. The summed E-state index contributed by atoms with van der Waals surface area (Å²) in [4.78, 5) is 42.9. The molecule has 0 bridgehead atoms. The summed E-state index contributed by atoms with van der Waals surface area (Å²) >= 11 is 0. The zero-order chi connectivity index (χ0) is 22.0. The van der Waals surface area contributed by atoms with Crippen LogP contribution in [-0.4, -0.2) is 64.7 Å². The molecule has 3 heterocycles. The van der Waals surface area contributed by atoms with Crippen molar-refractivity contribution in [1.29, 1.82) is 0 Å². The number of H-pyrrole nitrogens is 1. The van der Waals surface area contributed by atoms with Crippen LogP contribution < -0.4 is 20.7 Å². The number of methoxy groups -OCH3 is 1. The molecule has 0 radical (unpaired) electrons. The first-order valence-corrected chi connectivity index (χ1v) is 10.5. The Kier molecular flexibility index (Phi) is 5.86. The second-order valence-electron chi connectivity index (χ2n) is 8.40. The Bertz CT molecular complexity index is 1080. The van der Waals surface area contributed by atoms with Crippen molar-refractivity contribution in [2.45, 2.75) is 38.0 Å². The van der Waals surface area contributed by atoms with Gasteiger partial charge < -0.3 is 19.3 Å². The highest BCUT2D eigenvalue weighted by Gasteiger charge is 2.40. The molecule has 31 heavy (non-hydrogen) atoms. The van der Waals surface area contributed by atoms with Crippen LogP contribution in [-0.2, 0) is 17.9 Å². The van der Waals surface area contributed by atoms with E-state index in [1.165, 1.54) is 16.8 Å². The molecule has 0 aliphatic carbocycles. The highest BCUT2D eigenvalue weighted by atomic mass is 16.5. The molecular weight excluding hydrogens is 400 g/mol. The van der Waals surface area contributed by atoms with Crippen molar-refractivity contribution in [3.8, 4) is 11.5 Å². The molecule has 166 valence electrons. The summed E-state index contributed by atoms with van der Waals surface area (Å²) < 4.78 is 13.2. The summed E-state index contributed by atoms with van der Waals surface area (Å²) in [6.07, 6.45) is 3.96. The number of carbonyl (C=O) groups is 1. The molecule has 1 saturated heterocycles. The Morgan fingerprint density at radius 3 is 2.84 bits per heavy atom. The average molecular weight is 428 g/mol. The molecule has 1 spiro atoms. The number of aromatic amines is 1. The van der Waals surface area contributed by atoms with E-state index in [9.17, 15) is 14.4 Å². The van der Waals surface area contributed by atoms with E-state index in [-0.39, 0.29) is 12.5 Å². The topological polar surface area (TPSA) is 96.9 Å². The van der Waals surface area contributed by atoms with Crippen LogP contribution >= 0.6 is 0 Å². The van der Waals surface area contributed by atoms with Crippen molar-refractivity contribution >= 4 is 5.91 Å². The lowest BCUT2D eigenvalue weighted by molar-refractivity contribution is -0.135. The molecule has 1 aromatic heterocycles. The number of nitrogens with one attached hydrogen (secondary N) is 1. The van der Waals surface area contributed by atoms with Gasteiger partial charge in [-0.3, -0.25) is 19.1 Å². The van der Waals surface area contributed by atoms with Crippen LogP contribution in [0.5, 0.6) is 11.5 Å². The minimum absolute atomic E-state index is 0.148. The summed E-state index contributed by atoms with van der Waals surface area (Å²) in [5.74, 6) is 1.26. The standard InChI is InChI=1S/C22H28N4O5/c1-24-9-3-7-22(8-11-24)15-26(13-16-12-17(30-2)4-5-18(16)31-22)20(28)14-25-10-6-19(27)23-21(25)29/h4-6,10,12H,3,7-9,11,13-15H2,1-2H3,(H,23,27,29). The summed E-state index contributed by atoms with van der Waals surface area (Å²) in [6, 6.07) is 6.91. The third-order valence-electron chi connectivity index (χ3n) is 6.11. The maximum Gasteiger partial charge on any atom is 0.328 e. The van der Waals surface area contributed by atoms with Gasteiger partial charge in [-0.2, -0.15) is 0 Å². The van der Waals surface area contributed by atoms with Crippen molar-refractivity contribution < 1.29 is 14.3 Å². The fourth-order valence-corrected chi connectivity index (χ4v) is 4.33. The van der Waals surface area contributed by atoms with Gasteiger partial charge in [0.15, 0.2) is 0 Å². The van der Waals surface area contributed by atoms with Gasteiger partial charge in [-0.05, 0) is 44.6 Å². The van der Waals surface area contributed by atoms with Gasteiger partial charge in [0, 0.05) is 37.3 Å². The van der Waals surface area contributed by atoms with Crippen LogP contribution in [0.4, 0.5) is 0 Å². The first-order valence-electron chi connectivity index (χ1n) is 10.5. The Morgan fingerprint density at radius 2 is 2.06 bits per heavy atom. The molecule has 1 atom stereocenters. The molecule has 1 fully saturated rings. The van der Waals surface area contributed by atoms with Gasteiger partial charge >= 0.3 is 5.69 Å². The van der Waals surface area contributed by atoms with Gasteiger partial charge in [-0.25, -0.2) is 4.79 Å². The van der Waals surface area contributed by atoms with Gasteiger partial charge in [0.2, 0.25) is 5.91 Å². The van der Waals surface area contributed by atoms with Crippen LogP contribution in [0.25, 0.3) is 0 Å². The third kappa shape index (κ3) is 4.66. The Balaban J connectivity index is 1.67. The van der Waals surface area contributed by atoms with Crippen molar-refractivity contribution in [3.05, 3.63) is 56.9 Å². The number of ether oxygens (including phenoxy) is 2. The fraction of sp³-hybridized carbons (Fsp3) is 0.500. The van der Waals surface area contributed by atoms with Crippen molar-refractivity contribution in [2.75, 3.05) is 33.8 Å². The highest BCUT2D eigenvalue weighted by molar-refractivity contribution is 5.76. The van der Waals surface area contributed by atoms with E-state index < -0.39 is 16.9 Å². The number of amides is 1. The highest BCUT2D eigenvalue weighted by Crippen LogP contribution is 2.37. The van der Waals surface area contributed by atoms with Crippen LogP contribution in [0.2, 0.25) is 0 Å². The fourth-order valence-electron chi connectivity index (χ4n) is 4.33. The minimum Gasteiger partial charge on any atom is -0.497 e. The number of fused-ring (bicyclic) bond motifs is 1. The number of rotatable bonds is 3. The van der Waals surface area contributed by atoms with Gasteiger partial charge in [-0.1, -0.05) is 0 Å². The Hall–Kier alpha value is -3.07. The predicted molar refractivity (Wildman–Crippen MR) is 114 cm³/mol. The van der Waals surface area contributed by atoms with Gasteiger partial charge in [-0.15, -0.1) is 0 Å². The van der Waals surface area contributed by atoms with Gasteiger partial charge in [0.05, 0.1) is 13.7 Å². The van der Waals surface area contributed by atoms with Gasteiger partial charge in [0.25, 0.3) is 5.56 Å². The average Bonchev–Trinajstić information content (AvgIpc) is 3.02. The number of benzene rings is 1. The molecule has 9 nitrogen and oxygen atoms in total. The summed E-state index contributed by atoms with van der Waals surface area (Å²) in [5.41, 5.74) is -0.703. The van der Waals surface area contributed by atoms with E-state index >= 15 is 0 Å². The lowest BCUT2D eigenvalue weighted by Gasteiger charge is -2.35. The van der Waals surface area contributed by atoms with Crippen molar-refractivity contribution in [3.63, 3.8) is 0 Å². The zero-order valence-electron chi connectivity index (χ0n) is 17.9. The number of hydrogen-bond donors (Lipinski definition) is 1. The van der Waals surface area contributed by atoms with Crippen LogP contribution in [0, 0.1) is 0 Å². The molecule has 2 aromatic rings. The number of carbonyl (C=O) groups excluding carboxylic acids is 1. The molecule has 2 aliphatic heterocycles. The van der Waals surface area contributed by atoms with E-state index in [0.717, 1.165) is 43.7 Å². The maximum absolute atomic E-state index is 13.3. The van der Waals surface area contributed by atoms with E-state index in [2.05, 4.69) is 16.9 Å². The predicted octanol–water partition coefficient (Wildman–Crippen LogP) is 0.821. The Labute approximate surface area is 180 Å². The van der Waals surface area contributed by atoms with E-state index in [1.807, 2.05) is 18.2 Å². The largest absolute Gasteiger partial charge is 0.497 e. The molecule has 1 aromatic carbocycles. The summed E-state index contributed by atoms with van der Waals surface area (Å²) in [6.45, 7) is 2.52. The quantitative estimate of drug-likeness (QED) is 0.778. The maximum atomic E-state index is 13.3. The van der Waals surface area contributed by atoms with E-state index in [0.29, 0.717) is 18.8 Å². The molecule has 1 unspecified atom stereocenters. The summed E-state index contributed by atoms with van der Waals surface area (Å²) in [5, 5.41) is 0. The number of aromatic nitrogens is 2. The van der Waals surface area contributed by atoms with Crippen molar-refractivity contribution in [1.82, 2.24) is 19.4 Å². The van der Waals surface area contributed by atoms with Crippen LogP contribution in [0.3, 0.4) is 0 Å². The first kappa shape index (κ1) is 21.2. The van der Waals surface area contributed by atoms with E-state index in [1.54, 1.807) is 12.0 Å².